The molecule has 1 fully saturated rings. The third kappa shape index (κ3) is 5.66. The second-order valence-electron chi connectivity index (χ2n) is 7.43. The highest BCUT2D eigenvalue weighted by atomic mass is 32.2. The van der Waals surface area contributed by atoms with Crippen molar-refractivity contribution in [3.05, 3.63) is 59.7 Å². The van der Waals surface area contributed by atoms with Crippen LogP contribution in [0.1, 0.15) is 36.8 Å². The SMILES string of the molecule is Cc1cccc(CCNS(=O)(=O)c2ccc(S(=O)(=O)N3CCCCCC3)cc2)c1. The Labute approximate surface area is 174 Å². The molecule has 158 valence electrons. The lowest BCUT2D eigenvalue weighted by molar-refractivity contribution is 0.423. The molecule has 1 heterocycles. The summed E-state index contributed by atoms with van der Waals surface area (Å²) in [7, 11) is -7.28. The van der Waals surface area contributed by atoms with Crippen molar-refractivity contribution in [3.8, 4) is 0 Å². The van der Waals surface area contributed by atoms with Gasteiger partial charge in [-0.15, -0.1) is 0 Å². The molecular formula is C21H28N2O4S2. The molecule has 2 aromatic rings. The van der Waals surface area contributed by atoms with Crippen LogP contribution in [-0.4, -0.2) is 40.8 Å². The van der Waals surface area contributed by atoms with Crippen LogP contribution in [0.2, 0.25) is 0 Å². The number of rotatable bonds is 7. The van der Waals surface area contributed by atoms with Gasteiger partial charge in [-0.25, -0.2) is 21.6 Å². The first kappa shape index (κ1) is 22.0. The molecule has 1 N–H and O–H groups in total. The van der Waals surface area contributed by atoms with Gasteiger partial charge in [-0.05, 0) is 56.0 Å². The highest BCUT2D eigenvalue weighted by Gasteiger charge is 2.25. The molecule has 0 aliphatic carbocycles. The van der Waals surface area contributed by atoms with E-state index >= 15 is 0 Å². The number of aryl methyl sites for hydroxylation is 1. The Hall–Kier alpha value is -1.74. The minimum Gasteiger partial charge on any atom is -0.211 e. The van der Waals surface area contributed by atoms with Crippen LogP contribution >= 0.6 is 0 Å². The fourth-order valence-electron chi connectivity index (χ4n) is 3.50. The molecule has 2 aromatic carbocycles. The van der Waals surface area contributed by atoms with E-state index in [1.165, 1.54) is 28.6 Å². The van der Waals surface area contributed by atoms with E-state index in [0.29, 0.717) is 19.5 Å². The number of nitrogens with one attached hydrogen (secondary N) is 1. The van der Waals surface area contributed by atoms with Crippen molar-refractivity contribution in [1.82, 2.24) is 9.03 Å². The van der Waals surface area contributed by atoms with Crippen LogP contribution in [0.5, 0.6) is 0 Å². The fourth-order valence-corrected chi connectivity index (χ4v) is 6.05. The lowest BCUT2D eigenvalue weighted by Crippen LogP contribution is -2.32. The van der Waals surface area contributed by atoms with Gasteiger partial charge in [0.05, 0.1) is 9.79 Å². The van der Waals surface area contributed by atoms with Crippen LogP contribution in [0.4, 0.5) is 0 Å². The number of benzene rings is 2. The maximum atomic E-state index is 12.8. The van der Waals surface area contributed by atoms with Gasteiger partial charge in [0.25, 0.3) is 0 Å². The molecule has 0 saturated carbocycles. The Morgan fingerprint density at radius 1 is 0.862 bits per heavy atom. The maximum Gasteiger partial charge on any atom is 0.243 e. The topological polar surface area (TPSA) is 83.5 Å². The summed E-state index contributed by atoms with van der Waals surface area (Å²) in [5, 5.41) is 0. The standard InChI is InChI=1S/C21H28N2O4S2/c1-18-7-6-8-19(17-18)13-14-22-28(24,25)20-9-11-21(12-10-20)29(26,27)23-15-4-2-3-5-16-23/h6-12,17,22H,2-5,13-16H2,1H3. The summed E-state index contributed by atoms with van der Waals surface area (Å²) >= 11 is 0. The average molecular weight is 437 g/mol. The van der Waals surface area contributed by atoms with Crippen LogP contribution in [-0.2, 0) is 26.5 Å². The van der Waals surface area contributed by atoms with E-state index in [1.54, 1.807) is 0 Å². The molecule has 3 rings (SSSR count). The van der Waals surface area contributed by atoms with Crippen LogP contribution in [0, 0.1) is 6.92 Å². The smallest absolute Gasteiger partial charge is 0.211 e. The third-order valence-electron chi connectivity index (χ3n) is 5.13. The zero-order valence-electron chi connectivity index (χ0n) is 16.7. The van der Waals surface area contributed by atoms with E-state index in [9.17, 15) is 16.8 Å². The van der Waals surface area contributed by atoms with Gasteiger partial charge in [0, 0.05) is 19.6 Å². The van der Waals surface area contributed by atoms with Gasteiger partial charge in [-0.1, -0.05) is 42.7 Å². The summed E-state index contributed by atoms with van der Waals surface area (Å²) in [6.07, 6.45) is 4.38. The third-order valence-corrected chi connectivity index (χ3v) is 8.51. The molecule has 0 unspecified atom stereocenters. The summed E-state index contributed by atoms with van der Waals surface area (Å²) in [6, 6.07) is 13.4. The van der Waals surface area contributed by atoms with Crippen molar-refractivity contribution in [3.63, 3.8) is 0 Å². The quantitative estimate of drug-likeness (QED) is 0.723. The zero-order valence-corrected chi connectivity index (χ0v) is 18.3. The Kier molecular flexibility index (Phi) is 7.10. The van der Waals surface area contributed by atoms with Gasteiger partial charge in [0.2, 0.25) is 20.0 Å². The van der Waals surface area contributed by atoms with Crippen molar-refractivity contribution < 1.29 is 16.8 Å². The molecule has 0 atom stereocenters. The van der Waals surface area contributed by atoms with E-state index in [4.69, 9.17) is 0 Å². The lowest BCUT2D eigenvalue weighted by Gasteiger charge is -2.20. The Morgan fingerprint density at radius 2 is 1.48 bits per heavy atom. The van der Waals surface area contributed by atoms with Crippen molar-refractivity contribution >= 4 is 20.0 Å². The molecule has 0 amide bonds. The van der Waals surface area contributed by atoms with E-state index in [-0.39, 0.29) is 16.3 Å². The van der Waals surface area contributed by atoms with E-state index < -0.39 is 20.0 Å². The number of hydrogen-bond acceptors (Lipinski definition) is 4. The molecular weight excluding hydrogens is 408 g/mol. The minimum atomic E-state index is -3.69. The molecule has 8 heteroatoms. The predicted octanol–water partition coefficient (Wildman–Crippen LogP) is 3.08. The molecule has 0 aromatic heterocycles. The van der Waals surface area contributed by atoms with Crippen LogP contribution in [0.25, 0.3) is 0 Å². The van der Waals surface area contributed by atoms with Gasteiger partial charge >= 0.3 is 0 Å². The Morgan fingerprint density at radius 3 is 2.10 bits per heavy atom. The normalized spacial score (nSPS) is 16.4. The van der Waals surface area contributed by atoms with E-state index in [1.807, 2.05) is 31.2 Å². The summed E-state index contributed by atoms with van der Waals surface area (Å²) in [4.78, 5) is 0.203. The first-order valence-electron chi connectivity index (χ1n) is 9.94. The highest BCUT2D eigenvalue weighted by Crippen LogP contribution is 2.21. The molecule has 0 bridgehead atoms. The van der Waals surface area contributed by atoms with Crippen molar-refractivity contribution in [2.75, 3.05) is 19.6 Å². The molecule has 29 heavy (non-hydrogen) atoms. The van der Waals surface area contributed by atoms with Gasteiger partial charge in [0.1, 0.15) is 0 Å². The first-order valence-corrected chi connectivity index (χ1v) is 12.9. The van der Waals surface area contributed by atoms with Gasteiger partial charge in [-0.2, -0.15) is 4.31 Å². The largest absolute Gasteiger partial charge is 0.243 e. The monoisotopic (exact) mass is 436 g/mol. The molecule has 0 radical (unpaired) electrons. The average Bonchev–Trinajstić information content (AvgIpc) is 2.98. The van der Waals surface area contributed by atoms with Gasteiger partial charge in [-0.3, -0.25) is 0 Å². The van der Waals surface area contributed by atoms with Crippen molar-refractivity contribution in [2.45, 2.75) is 48.8 Å². The molecule has 1 aliphatic heterocycles. The molecule has 1 aliphatic rings. The predicted molar refractivity (Wildman–Crippen MR) is 114 cm³/mol. The van der Waals surface area contributed by atoms with Crippen LogP contribution in [0.15, 0.2) is 58.3 Å². The summed E-state index contributed by atoms with van der Waals surface area (Å²) < 4.78 is 54.8. The van der Waals surface area contributed by atoms with Gasteiger partial charge in [0.15, 0.2) is 0 Å². The fraction of sp³-hybridized carbons (Fsp3) is 0.429. The first-order chi connectivity index (χ1) is 13.8. The number of sulfonamides is 2. The zero-order chi connectivity index (χ0) is 20.9. The number of nitrogens with zero attached hydrogens (tertiary/aromatic N) is 1. The minimum absolute atomic E-state index is 0.0663. The summed E-state index contributed by atoms with van der Waals surface area (Å²) in [6.45, 7) is 3.31. The Bertz CT molecular complexity index is 1020. The molecule has 6 nitrogen and oxygen atoms in total. The summed E-state index contributed by atoms with van der Waals surface area (Å²) in [5.41, 5.74) is 2.19. The van der Waals surface area contributed by atoms with Crippen LogP contribution in [0.3, 0.4) is 0 Å². The van der Waals surface area contributed by atoms with Crippen molar-refractivity contribution in [1.29, 1.82) is 0 Å². The summed E-state index contributed by atoms with van der Waals surface area (Å²) in [5.74, 6) is 0. The van der Waals surface area contributed by atoms with E-state index in [2.05, 4.69) is 4.72 Å². The number of hydrogen-bond donors (Lipinski definition) is 1. The Balaban J connectivity index is 1.66. The maximum absolute atomic E-state index is 12.8. The van der Waals surface area contributed by atoms with Crippen molar-refractivity contribution in [2.24, 2.45) is 0 Å². The second kappa shape index (κ2) is 9.38. The molecule has 1 saturated heterocycles. The highest BCUT2D eigenvalue weighted by molar-refractivity contribution is 7.89. The van der Waals surface area contributed by atoms with Crippen LogP contribution < -0.4 is 4.72 Å². The molecule has 0 spiro atoms. The van der Waals surface area contributed by atoms with E-state index in [0.717, 1.165) is 36.8 Å². The second-order valence-corrected chi connectivity index (χ2v) is 11.1. The lowest BCUT2D eigenvalue weighted by atomic mass is 10.1. The van der Waals surface area contributed by atoms with Gasteiger partial charge < -0.3 is 0 Å².